The molecule has 46 heavy (non-hydrogen) atoms. The summed E-state index contributed by atoms with van der Waals surface area (Å²) in [5, 5.41) is 15.5. The van der Waals surface area contributed by atoms with Gasteiger partial charge in [0.15, 0.2) is 6.29 Å². The monoisotopic (exact) mass is 693 g/mol. The molecule has 1 saturated carbocycles. The third-order valence-electron chi connectivity index (χ3n) is 9.30. The minimum absolute atomic E-state index is 0.0236. The molecule has 8 nitrogen and oxygen atoms in total. The Morgan fingerprint density at radius 1 is 0.891 bits per heavy atom. The normalized spacial score (nSPS) is 27.5. The maximum absolute atomic E-state index is 13.7. The molecule has 0 radical (unpaired) electrons. The molecule has 0 spiro atoms. The molecule has 252 valence electrons. The number of amides is 2. The number of aliphatic hydroxyl groups excluding tert-OH is 1. The van der Waals surface area contributed by atoms with Crippen LogP contribution in [0.25, 0.3) is 0 Å². The molecule has 11 heteroatoms. The highest BCUT2D eigenvalue weighted by Crippen LogP contribution is 2.42. The van der Waals surface area contributed by atoms with E-state index in [0.717, 1.165) is 41.5 Å². The van der Waals surface area contributed by atoms with E-state index in [1.165, 1.54) is 19.3 Å². The summed E-state index contributed by atoms with van der Waals surface area (Å²) in [6.45, 7) is 6.90. The van der Waals surface area contributed by atoms with E-state index in [1.54, 1.807) is 0 Å². The first-order chi connectivity index (χ1) is 21.8. The summed E-state index contributed by atoms with van der Waals surface area (Å²) in [6, 6.07) is 15.6. The molecule has 0 bridgehead atoms. The van der Waals surface area contributed by atoms with Crippen molar-refractivity contribution in [2.24, 2.45) is 5.92 Å². The lowest BCUT2D eigenvalue weighted by Gasteiger charge is -2.50. The second-order valence-electron chi connectivity index (χ2n) is 13.9. The van der Waals surface area contributed by atoms with E-state index >= 15 is 0 Å². The van der Waals surface area contributed by atoms with Gasteiger partial charge in [-0.05, 0) is 69.1 Å². The van der Waals surface area contributed by atoms with Crippen molar-refractivity contribution in [3.05, 3.63) is 70.8 Å². The molecular weight excluding hydrogens is 649 g/mol. The predicted molar refractivity (Wildman–Crippen MR) is 180 cm³/mol. The molecule has 1 aliphatic carbocycles. The third-order valence-corrected chi connectivity index (χ3v) is 9.81. The summed E-state index contributed by atoms with van der Waals surface area (Å²) in [4.78, 5) is 28.1. The average Bonchev–Trinajstić information content (AvgIpc) is 3.02. The largest absolute Gasteiger partial charge is 0.392 e. The standard InChI is InChI=1S/C35H46Cl3N3O5/c1-34(2,3)40-31(43)29-17-16-24-6-4-5-7-28(24)41(29)20-27-18-30(25-12-10-23(21-42)11-13-25)46-32(45-27)26-14-8-22(9-15-26)19-39-33(44)35(36,37)38/h8-15,24,27-30,32,42H,4-7,16-21H2,1-3H3,(H,39,44)(H,40,43)/t24-,27+,28-,29-,30-,32-/m1/s1. The van der Waals surface area contributed by atoms with Crippen LogP contribution in [0.1, 0.15) is 100 Å². The number of hydrogen-bond acceptors (Lipinski definition) is 6. The van der Waals surface area contributed by atoms with E-state index in [0.29, 0.717) is 24.9 Å². The molecule has 6 atom stereocenters. The number of rotatable bonds is 8. The third kappa shape index (κ3) is 9.16. The number of carbonyl (C=O) groups excluding carboxylic acids is 2. The first kappa shape index (κ1) is 35.4. The van der Waals surface area contributed by atoms with Gasteiger partial charge in [0.05, 0.1) is 24.9 Å². The van der Waals surface area contributed by atoms with Gasteiger partial charge in [0.25, 0.3) is 9.70 Å². The fraction of sp³-hybridized carbons (Fsp3) is 0.600. The Hall–Kier alpha value is -1.91. The second-order valence-corrected chi connectivity index (χ2v) is 16.2. The Morgan fingerprint density at radius 3 is 2.20 bits per heavy atom. The van der Waals surface area contributed by atoms with Crippen molar-refractivity contribution in [1.29, 1.82) is 0 Å². The first-order valence-electron chi connectivity index (χ1n) is 16.3. The zero-order valence-corrected chi connectivity index (χ0v) is 29.1. The van der Waals surface area contributed by atoms with Crippen LogP contribution in [0.3, 0.4) is 0 Å². The van der Waals surface area contributed by atoms with Gasteiger partial charge in [-0.15, -0.1) is 0 Å². The number of nitrogens with zero attached hydrogens (tertiary/aromatic N) is 1. The van der Waals surface area contributed by atoms with Crippen molar-refractivity contribution < 1.29 is 24.2 Å². The van der Waals surface area contributed by atoms with Crippen LogP contribution in [0.4, 0.5) is 0 Å². The van der Waals surface area contributed by atoms with Gasteiger partial charge in [-0.3, -0.25) is 14.5 Å². The summed E-state index contributed by atoms with van der Waals surface area (Å²) in [5.74, 6) is -0.000906. The zero-order valence-electron chi connectivity index (χ0n) is 26.8. The van der Waals surface area contributed by atoms with Crippen molar-refractivity contribution in [3.63, 3.8) is 0 Å². The molecule has 2 saturated heterocycles. The lowest BCUT2D eigenvalue weighted by atomic mass is 9.75. The fourth-order valence-electron chi connectivity index (χ4n) is 7.07. The number of halogens is 3. The summed E-state index contributed by atoms with van der Waals surface area (Å²) in [6.07, 6.45) is 6.23. The maximum Gasteiger partial charge on any atom is 0.272 e. The van der Waals surface area contributed by atoms with Crippen molar-refractivity contribution in [2.45, 2.75) is 119 Å². The summed E-state index contributed by atoms with van der Waals surface area (Å²) in [5.41, 5.74) is 3.21. The van der Waals surface area contributed by atoms with E-state index in [1.807, 2.05) is 69.3 Å². The summed E-state index contributed by atoms with van der Waals surface area (Å²) < 4.78 is 11.3. The Kier molecular flexibility index (Phi) is 11.6. The number of benzene rings is 2. The lowest BCUT2D eigenvalue weighted by Crippen LogP contribution is -2.61. The van der Waals surface area contributed by atoms with Crippen molar-refractivity contribution >= 4 is 46.6 Å². The van der Waals surface area contributed by atoms with Crippen LogP contribution < -0.4 is 10.6 Å². The van der Waals surface area contributed by atoms with E-state index in [4.69, 9.17) is 44.3 Å². The van der Waals surface area contributed by atoms with Gasteiger partial charge in [0.2, 0.25) is 5.91 Å². The molecular formula is C35H46Cl3N3O5. The molecule has 3 fully saturated rings. The molecule has 5 rings (SSSR count). The van der Waals surface area contributed by atoms with Crippen LogP contribution in [-0.2, 0) is 32.2 Å². The number of aliphatic hydroxyl groups is 1. The van der Waals surface area contributed by atoms with E-state index in [2.05, 4.69) is 15.5 Å². The number of piperidine rings is 1. The number of likely N-dealkylation sites (tertiary alicyclic amines) is 1. The smallest absolute Gasteiger partial charge is 0.272 e. The SMILES string of the molecule is CC(C)(C)NC(=O)[C@H]1CC[C@H]2CCCC[C@H]2N1C[C@@H]1C[C@H](c2ccc(CO)cc2)O[C@H](c2ccc(CNC(=O)C(Cl)(Cl)Cl)cc2)O1. The average molecular weight is 695 g/mol. The molecule has 3 N–H and O–H groups in total. The van der Waals surface area contributed by atoms with Gasteiger partial charge < -0.3 is 25.2 Å². The highest BCUT2D eigenvalue weighted by atomic mass is 35.6. The molecule has 0 unspecified atom stereocenters. The van der Waals surface area contributed by atoms with Crippen LogP contribution in [0.5, 0.6) is 0 Å². The Bertz CT molecular complexity index is 1330. The Morgan fingerprint density at radius 2 is 1.54 bits per heavy atom. The number of carbonyl (C=O) groups is 2. The van der Waals surface area contributed by atoms with E-state index in [-0.39, 0.29) is 42.8 Å². The van der Waals surface area contributed by atoms with Crippen LogP contribution in [0, 0.1) is 5.92 Å². The van der Waals surface area contributed by atoms with Gasteiger partial charge in [0, 0.05) is 36.7 Å². The predicted octanol–water partition coefficient (Wildman–Crippen LogP) is 6.65. The van der Waals surface area contributed by atoms with Gasteiger partial charge in [-0.25, -0.2) is 0 Å². The van der Waals surface area contributed by atoms with E-state index < -0.39 is 16.0 Å². The summed E-state index contributed by atoms with van der Waals surface area (Å²) in [7, 11) is 0. The second kappa shape index (κ2) is 15.1. The lowest BCUT2D eigenvalue weighted by molar-refractivity contribution is -0.255. The first-order valence-corrected chi connectivity index (χ1v) is 17.5. The number of hydrogen-bond donors (Lipinski definition) is 3. The fourth-order valence-corrected chi connectivity index (χ4v) is 7.27. The molecule has 2 amide bonds. The van der Waals surface area contributed by atoms with Crippen molar-refractivity contribution in [3.8, 4) is 0 Å². The number of ether oxygens (including phenoxy) is 2. The number of fused-ring (bicyclic) bond motifs is 1. The van der Waals surface area contributed by atoms with Crippen LogP contribution in [0.2, 0.25) is 0 Å². The molecule has 0 aromatic heterocycles. The van der Waals surface area contributed by atoms with Gasteiger partial charge >= 0.3 is 0 Å². The van der Waals surface area contributed by atoms with E-state index in [9.17, 15) is 14.7 Å². The molecule has 2 aromatic carbocycles. The number of nitrogens with one attached hydrogen (secondary N) is 2. The minimum Gasteiger partial charge on any atom is -0.392 e. The van der Waals surface area contributed by atoms with Crippen LogP contribution in [-0.4, -0.2) is 55.9 Å². The quantitative estimate of drug-likeness (QED) is 0.268. The summed E-state index contributed by atoms with van der Waals surface area (Å²) >= 11 is 17.0. The Balaban J connectivity index is 1.38. The van der Waals surface area contributed by atoms with Gasteiger partial charge in [-0.2, -0.15) is 0 Å². The number of alkyl halides is 3. The van der Waals surface area contributed by atoms with Crippen molar-refractivity contribution in [1.82, 2.24) is 15.5 Å². The van der Waals surface area contributed by atoms with Gasteiger partial charge in [-0.1, -0.05) is 96.2 Å². The molecule has 2 heterocycles. The molecule has 2 aromatic rings. The Labute approximate surface area is 287 Å². The highest BCUT2D eigenvalue weighted by Gasteiger charge is 2.44. The van der Waals surface area contributed by atoms with Crippen LogP contribution in [0.15, 0.2) is 48.5 Å². The molecule has 2 aliphatic heterocycles. The topological polar surface area (TPSA) is 100 Å². The van der Waals surface area contributed by atoms with Crippen molar-refractivity contribution in [2.75, 3.05) is 6.54 Å². The zero-order chi connectivity index (χ0) is 33.1. The maximum atomic E-state index is 13.7. The minimum atomic E-state index is -2.03. The molecule has 3 aliphatic rings. The van der Waals surface area contributed by atoms with Crippen LogP contribution >= 0.6 is 34.8 Å². The highest BCUT2D eigenvalue weighted by molar-refractivity contribution is 6.76. The van der Waals surface area contributed by atoms with Gasteiger partial charge in [0.1, 0.15) is 0 Å².